The molecule has 0 bridgehead atoms. The van der Waals surface area contributed by atoms with E-state index in [0.717, 1.165) is 11.1 Å². The number of likely N-dealkylation sites (N-methyl/N-ethyl adjacent to an activating group) is 1. The normalized spacial score (nSPS) is 15.7. The van der Waals surface area contributed by atoms with Crippen LogP contribution in [0.5, 0.6) is 0 Å². The van der Waals surface area contributed by atoms with Gasteiger partial charge in [-0.15, -0.1) is 0 Å². The Bertz CT molecular complexity index is 875. The van der Waals surface area contributed by atoms with Crippen LogP contribution in [0.2, 0.25) is 0 Å². The lowest BCUT2D eigenvalue weighted by Gasteiger charge is -2.28. The minimum Gasteiger partial charge on any atom is -0.345 e. The molecule has 136 valence electrons. The van der Waals surface area contributed by atoms with Crippen LogP contribution in [-0.4, -0.2) is 52.5 Å². The number of rotatable bonds is 2. The first-order valence-electron chi connectivity index (χ1n) is 8.56. The third-order valence-electron chi connectivity index (χ3n) is 4.68. The molecule has 3 rings (SSSR count). The average Bonchev–Trinajstić information content (AvgIpc) is 3.04. The maximum absolute atomic E-state index is 13.1. The van der Waals surface area contributed by atoms with Gasteiger partial charge in [0.15, 0.2) is 0 Å². The van der Waals surface area contributed by atoms with E-state index >= 15 is 0 Å². The summed E-state index contributed by atoms with van der Waals surface area (Å²) < 4.78 is 0. The number of nitrogens with one attached hydrogen (secondary N) is 1. The summed E-state index contributed by atoms with van der Waals surface area (Å²) in [5.74, 6) is -0.296. The minimum absolute atomic E-state index is 0.125. The van der Waals surface area contributed by atoms with Gasteiger partial charge < -0.3 is 9.80 Å². The van der Waals surface area contributed by atoms with Crippen LogP contribution in [0.25, 0.3) is 5.57 Å². The number of aromatic nitrogens is 2. The van der Waals surface area contributed by atoms with Crippen LogP contribution in [0, 0.1) is 6.92 Å². The van der Waals surface area contributed by atoms with Crippen molar-refractivity contribution in [3.63, 3.8) is 0 Å². The van der Waals surface area contributed by atoms with Crippen molar-refractivity contribution in [1.82, 2.24) is 20.0 Å². The van der Waals surface area contributed by atoms with E-state index in [0.29, 0.717) is 23.4 Å². The fourth-order valence-corrected chi connectivity index (χ4v) is 3.18. The maximum Gasteiger partial charge on any atom is 0.257 e. The molecule has 1 aromatic heterocycles. The Morgan fingerprint density at radius 1 is 1.19 bits per heavy atom. The molecular weight excluding hydrogens is 328 g/mol. The molecule has 26 heavy (non-hydrogen) atoms. The maximum atomic E-state index is 13.1. The van der Waals surface area contributed by atoms with Gasteiger partial charge in [-0.1, -0.05) is 31.5 Å². The van der Waals surface area contributed by atoms with Gasteiger partial charge in [0, 0.05) is 43.4 Å². The van der Waals surface area contributed by atoms with Crippen molar-refractivity contribution in [2.24, 2.45) is 0 Å². The predicted octanol–water partition coefficient (Wildman–Crippen LogP) is 2.58. The van der Waals surface area contributed by atoms with Gasteiger partial charge in [-0.05, 0) is 19.1 Å². The molecule has 0 fully saturated rings. The molecule has 0 atom stereocenters. The highest BCUT2D eigenvalue weighted by molar-refractivity contribution is 6.19. The van der Waals surface area contributed by atoms with Gasteiger partial charge in [-0.3, -0.25) is 14.7 Å². The van der Waals surface area contributed by atoms with Crippen molar-refractivity contribution in [2.75, 3.05) is 20.6 Å². The average molecular weight is 352 g/mol. The van der Waals surface area contributed by atoms with Gasteiger partial charge in [-0.2, -0.15) is 5.10 Å². The SMILES string of the molecule is Cc1ccc(C(=O)N2C=C(C(=O)N(C)C)c3[nH]ncc3C(C)(C)C2)cc1. The number of H-pyrrole nitrogens is 1. The zero-order chi connectivity index (χ0) is 19.1. The number of amides is 2. The summed E-state index contributed by atoms with van der Waals surface area (Å²) in [7, 11) is 3.39. The van der Waals surface area contributed by atoms with Gasteiger partial charge in [-0.25, -0.2) is 0 Å². The van der Waals surface area contributed by atoms with E-state index in [4.69, 9.17) is 0 Å². The van der Waals surface area contributed by atoms with Crippen molar-refractivity contribution < 1.29 is 9.59 Å². The lowest BCUT2D eigenvalue weighted by Crippen LogP contribution is -2.36. The highest BCUT2D eigenvalue weighted by Gasteiger charge is 2.36. The number of aryl methyl sites for hydroxylation is 1. The van der Waals surface area contributed by atoms with Crippen LogP contribution in [0.15, 0.2) is 36.7 Å². The second-order valence-electron chi connectivity index (χ2n) is 7.58. The van der Waals surface area contributed by atoms with Gasteiger partial charge in [0.05, 0.1) is 17.5 Å². The van der Waals surface area contributed by atoms with Crippen molar-refractivity contribution in [2.45, 2.75) is 26.2 Å². The van der Waals surface area contributed by atoms with Gasteiger partial charge >= 0.3 is 0 Å². The molecule has 2 heterocycles. The summed E-state index contributed by atoms with van der Waals surface area (Å²) in [6.45, 7) is 6.54. The number of carbonyl (C=O) groups excluding carboxylic acids is 2. The van der Waals surface area contributed by atoms with Gasteiger partial charge in [0.1, 0.15) is 0 Å². The van der Waals surface area contributed by atoms with Crippen LogP contribution >= 0.6 is 0 Å². The minimum atomic E-state index is -0.354. The van der Waals surface area contributed by atoms with Crippen LogP contribution in [-0.2, 0) is 10.2 Å². The van der Waals surface area contributed by atoms with Crippen LogP contribution < -0.4 is 0 Å². The molecule has 2 aromatic rings. The lowest BCUT2D eigenvalue weighted by molar-refractivity contribution is -0.122. The third-order valence-corrected chi connectivity index (χ3v) is 4.68. The first-order chi connectivity index (χ1) is 12.2. The summed E-state index contributed by atoms with van der Waals surface area (Å²) in [5.41, 5.74) is 3.38. The molecule has 6 heteroatoms. The Morgan fingerprint density at radius 3 is 2.46 bits per heavy atom. The van der Waals surface area contributed by atoms with Crippen LogP contribution in [0.3, 0.4) is 0 Å². The molecule has 0 spiro atoms. The molecule has 2 amide bonds. The Labute approximate surface area is 153 Å². The van der Waals surface area contributed by atoms with E-state index in [1.165, 1.54) is 4.90 Å². The Hall–Kier alpha value is -2.89. The summed E-state index contributed by atoms with van der Waals surface area (Å²) in [4.78, 5) is 29.0. The quantitative estimate of drug-likeness (QED) is 0.903. The van der Waals surface area contributed by atoms with Gasteiger partial charge in [0.25, 0.3) is 11.8 Å². The Kier molecular flexibility index (Phi) is 4.44. The summed E-state index contributed by atoms with van der Waals surface area (Å²) >= 11 is 0. The van der Waals surface area contributed by atoms with E-state index in [9.17, 15) is 9.59 Å². The number of aromatic amines is 1. The van der Waals surface area contributed by atoms with Crippen molar-refractivity contribution in [1.29, 1.82) is 0 Å². The molecule has 0 radical (unpaired) electrons. The van der Waals surface area contributed by atoms with E-state index < -0.39 is 0 Å². The van der Waals surface area contributed by atoms with E-state index in [2.05, 4.69) is 10.2 Å². The number of fused-ring (bicyclic) bond motifs is 1. The highest BCUT2D eigenvalue weighted by Crippen LogP contribution is 2.34. The van der Waals surface area contributed by atoms with E-state index in [1.54, 1.807) is 31.4 Å². The van der Waals surface area contributed by atoms with E-state index in [1.807, 2.05) is 45.0 Å². The van der Waals surface area contributed by atoms with Crippen LogP contribution in [0.4, 0.5) is 0 Å². The number of hydrogen-bond donors (Lipinski definition) is 1. The molecular formula is C20H24N4O2. The standard InChI is InChI=1S/C20H24N4O2/c1-13-6-8-14(9-7-13)18(25)24-11-15(19(26)23(4)5)17-16(10-21-22-17)20(2,3)12-24/h6-11H,12H2,1-5H3,(H,21,22). The molecule has 1 aromatic carbocycles. The molecule has 1 aliphatic heterocycles. The molecule has 1 N–H and O–H groups in total. The third kappa shape index (κ3) is 3.14. The zero-order valence-electron chi connectivity index (χ0n) is 15.8. The number of nitrogens with zero attached hydrogens (tertiary/aromatic N) is 3. The number of carbonyl (C=O) groups is 2. The second kappa shape index (κ2) is 6.44. The number of hydrogen-bond acceptors (Lipinski definition) is 3. The van der Waals surface area contributed by atoms with Gasteiger partial charge in [0.2, 0.25) is 0 Å². The second-order valence-corrected chi connectivity index (χ2v) is 7.58. The molecule has 6 nitrogen and oxygen atoms in total. The Balaban J connectivity index is 2.09. The zero-order valence-corrected chi connectivity index (χ0v) is 15.8. The molecule has 0 saturated carbocycles. The Morgan fingerprint density at radius 2 is 1.85 bits per heavy atom. The van der Waals surface area contributed by atoms with Crippen molar-refractivity contribution in [3.05, 3.63) is 59.0 Å². The smallest absolute Gasteiger partial charge is 0.257 e. The summed E-state index contributed by atoms with van der Waals surface area (Å²) in [6.07, 6.45) is 3.39. The molecule has 1 aliphatic rings. The lowest BCUT2D eigenvalue weighted by atomic mass is 9.84. The van der Waals surface area contributed by atoms with Crippen molar-refractivity contribution >= 4 is 17.4 Å². The van der Waals surface area contributed by atoms with Crippen molar-refractivity contribution in [3.8, 4) is 0 Å². The fourth-order valence-electron chi connectivity index (χ4n) is 3.18. The molecule has 0 saturated heterocycles. The monoisotopic (exact) mass is 352 g/mol. The molecule has 0 unspecified atom stereocenters. The summed E-state index contributed by atoms with van der Waals surface area (Å²) in [6, 6.07) is 7.46. The number of benzene rings is 1. The highest BCUT2D eigenvalue weighted by atomic mass is 16.2. The van der Waals surface area contributed by atoms with E-state index in [-0.39, 0.29) is 17.2 Å². The first kappa shape index (κ1) is 17.9. The first-order valence-corrected chi connectivity index (χ1v) is 8.56. The fraction of sp³-hybridized carbons (Fsp3) is 0.350. The molecule has 0 aliphatic carbocycles. The predicted molar refractivity (Wildman–Crippen MR) is 101 cm³/mol. The van der Waals surface area contributed by atoms with Crippen LogP contribution in [0.1, 0.15) is 41.0 Å². The summed E-state index contributed by atoms with van der Waals surface area (Å²) in [5, 5.41) is 7.07. The topological polar surface area (TPSA) is 69.3 Å². The largest absolute Gasteiger partial charge is 0.345 e.